The first kappa shape index (κ1) is 13.0. The maximum absolute atomic E-state index is 12.0. The fraction of sp³-hybridized carbons (Fsp3) is 0.750. The van der Waals surface area contributed by atoms with Gasteiger partial charge < -0.3 is 9.84 Å². The molecule has 100 valence electrons. The van der Waals surface area contributed by atoms with Crippen molar-refractivity contribution >= 4 is 17.8 Å². The van der Waals surface area contributed by atoms with E-state index in [0.717, 1.165) is 12.0 Å². The van der Waals surface area contributed by atoms with E-state index in [2.05, 4.69) is 4.74 Å². The van der Waals surface area contributed by atoms with Crippen LogP contribution < -0.4 is 0 Å². The molecule has 0 bridgehead atoms. The zero-order chi connectivity index (χ0) is 13.9. The quantitative estimate of drug-likeness (QED) is 0.545. The van der Waals surface area contributed by atoms with Crippen molar-refractivity contribution in [2.45, 2.75) is 26.4 Å². The fourth-order valence-corrected chi connectivity index (χ4v) is 2.75. The molecule has 6 nitrogen and oxygen atoms in total. The van der Waals surface area contributed by atoms with E-state index >= 15 is 0 Å². The van der Waals surface area contributed by atoms with Crippen molar-refractivity contribution in [1.29, 1.82) is 0 Å². The van der Waals surface area contributed by atoms with E-state index < -0.39 is 11.6 Å². The molecule has 18 heavy (non-hydrogen) atoms. The first-order chi connectivity index (χ1) is 8.14. The molecular formula is C12H17NO5. The van der Waals surface area contributed by atoms with Crippen molar-refractivity contribution in [3.05, 3.63) is 0 Å². The number of carbonyl (C=O) groups excluding carboxylic acids is 3. The Hall–Kier alpha value is -1.43. The second-order valence-corrected chi connectivity index (χ2v) is 5.80. The lowest BCUT2D eigenvalue weighted by molar-refractivity contribution is -0.165. The second kappa shape index (κ2) is 3.54. The molecule has 1 heterocycles. The summed E-state index contributed by atoms with van der Waals surface area (Å²) < 4.78 is 4.44. The van der Waals surface area contributed by atoms with Crippen LogP contribution in [-0.4, -0.2) is 47.0 Å². The Morgan fingerprint density at radius 2 is 1.83 bits per heavy atom. The smallest absolute Gasteiger partial charge is 0.339 e. The van der Waals surface area contributed by atoms with Crippen LogP contribution in [0.2, 0.25) is 0 Å². The highest BCUT2D eigenvalue weighted by Crippen LogP contribution is 2.63. The third kappa shape index (κ3) is 1.55. The van der Waals surface area contributed by atoms with Gasteiger partial charge in [0.25, 0.3) is 0 Å². The van der Waals surface area contributed by atoms with Crippen LogP contribution in [0.5, 0.6) is 0 Å². The summed E-state index contributed by atoms with van der Waals surface area (Å²) in [5.74, 6) is -2.09. The molecule has 0 radical (unpaired) electrons. The number of rotatable bonds is 3. The molecule has 0 aromatic rings. The van der Waals surface area contributed by atoms with Crippen LogP contribution in [0.4, 0.5) is 0 Å². The van der Waals surface area contributed by atoms with Gasteiger partial charge in [-0.25, -0.2) is 4.79 Å². The van der Waals surface area contributed by atoms with Gasteiger partial charge in [-0.05, 0) is 12.3 Å². The predicted molar refractivity (Wildman–Crippen MR) is 60.1 cm³/mol. The van der Waals surface area contributed by atoms with Crippen LogP contribution >= 0.6 is 0 Å². The zero-order valence-electron chi connectivity index (χ0n) is 10.9. The molecule has 2 rings (SSSR count). The average molecular weight is 255 g/mol. The molecule has 2 aliphatic rings. The van der Waals surface area contributed by atoms with Gasteiger partial charge in [-0.2, -0.15) is 0 Å². The Morgan fingerprint density at radius 3 is 2.22 bits per heavy atom. The van der Waals surface area contributed by atoms with Gasteiger partial charge in [-0.3, -0.25) is 14.5 Å². The summed E-state index contributed by atoms with van der Waals surface area (Å²) in [4.78, 5) is 36.3. The average Bonchev–Trinajstić information content (AvgIpc) is 2.75. The van der Waals surface area contributed by atoms with Crippen LogP contribution in [0.15, 0.2) is 0 Å². The lowest BCUT2D eigenvalue weighted by Gasteiger charge is -2.27. The molecule has 0 spiro atoms. The summed E-state index contributed by atoms with van der Waals surface area (Å²) >= 11 is 0. The number of aliphatic hydroxyl groups is 1. The number of ether oxygens (including phenoxy) is 1. The lowest BCUT2D eigenvalue weighted by Crippen LogP contribution is -2.50. The van der Waals surface area contributed by atoms with Crippen LogP contribution in [0.25, 0.3) is 0 Å². The van der Waals surface area contributed by atoms with Gasteiger partial charge in [0.15, 0.2) is 5.60 Å². The number of likely N-dealkylation sites (tertiary alicyclic amines) is 1. The predicted octanol–water partition coefficient (Wildman–Crippen LogP) is -0.449. The number of hydrogen-bond donors (Lipinski definition) is 1. The Balaban J connectivity index is 2.12. The fourth-order valence-electron chi connectivity index (χ4n) is 2.75. The van der Waals surface area contributed by atoms with Crippen molar-refractivity contribution in [3.8, 4) is 0 Å². The maximum atomic E-state index is 12.0. The standard InChI is InChI=1S/C12H17NO5/c1-11(2)6-7(11)9(15)13(8(6)14)5-12(3,17)10(16)18-4/h6-7,17H,5H2,1-4H3. The summed E-state index contributed by atoms with van der Waals surface area (Å²) in [5.41, 5.74) is -2.15. The molecule has 2 amide bonds. The van der Waals surface area contributed by atoms with Crippen molar-refractivity contribution < 1.29 is 24.2 Å². The maximum Gasteiger partial charge on any atom is 0.339 e. The number of imide groups is 1. The summed E-state index contributed by atoms with van der Waals surface area (Å²) in [6.45, 7) is 4.62. The number of piperidine rings is 1. The van der Waals surface area contributed by atoms with Crippen molar-refractivity contribution in [2.75, 3.05) is 13.7 Å². The Morgan fingerprint density at radius 1 is 1.39 bits per heavy atom. The van der Waals surface area contributed by atoms with E-state index in [0.29, 0.717) is 0 Å². The monoisotopic (exact) mass is 255 g/mol. The highest BCUT2D eigenvalue weighted by atomic mass is 16.5. The zero-order valence-corrected chi connectivity index (χ0v) is 10.9. The number of esters is 1. The summed E-state index contributed by atoms with van der Waals surface area (Å²) in [5, 5.41) is 9.89. The van der Waals surface area contributed by atoms with E-state index in [9.17, 15) is 19.5 Å². The number of β-amino-alcohol motifs (C(OH)–C–C–N with tert-alkyl or cyclic N) is 1. The molecule has 0 aromatic heterocycles. The van der Waals surface area contributed by atoms with E-state index in [4.69, 9.17) is 0 Å². The van der Waals surface area contributed by atoms with Gasteiger partial charge in [0.05, 0.1) is 25.5 Å². The second-order valence-electron chi connectivity index (χ2n) is 5.80. The first-order valence-corrected chi connectivity index (χ1v) is 5.80. The summed E-state index contributed by atoms with van der Waals surface area (Å²) in [7, 11) is 1.14. The molecular weight excluding hydrogens is 238 g/mol. The molecule has 3 unspecified atom stereocenters. The van der Waals surface area contributed by atoms with Gasteiger partial charge >= 0.3 is 5.97 Å². The molecule has 1 saturated heterocycles. The van der Waals surface area contributed by atoms with E-state index in [1.807, 2.05) is 13.8 Å². The topological polar surface area (TPSA) is 83.9 Å². The largest absolute Gasteiger partial charge is 0.467 e. The van der Waals surface area contributed by atoms with Crippen molar-refractivity contribution in [3.63, 3.8) is 0 Å². The molecule has 1 aliphatic heterocycles. The van der Waals surface area contributed by atoms with Crippen LogP contribution in [0, 0.1) is 17.3 Å². The number of fused-ring (bicyclic) bond motifs is 1. The molecule has 1 aliphatic carbocycles. The highest BCUT2D eigenvalue weighted by Gasteiger charge is 2.72. The first-order valence-electron chi connectivity index (χ1n) is 5.80. The van der Waals surface area contributed by atoms with Gasteiger partial charge in [0, 0.05) is 0 Å². The number of carbonyl (C=O) groups is 3. The number of hydrogen-bond acceptors (Lipinski definition) is 5. The Labute approximate surface area is 105 Å². The summed E-state index contributed by atoms with van der Waals surface area (Å²) in [6, 6.07) is 0. The van der Waals surface area contributed by atoms with Gasteiger partial charge in [0.2, 0.25) is 11.8 Å². The molecule has 0 aromatic carbocycles. The molecule has 6 heteroatoms. The van der Waals surface area contributed by atoms with Crippen LogP contribution in [0.1, 0.15) is 20.8 Å². The minimum atomic E-state index is -1.86. The minimum absolute atomic E-state index is 0.290. The third-order valence-electron chi connectivity index (χ3n) is 3.98. The number of amides is 2. The number of nitrogens with zero attached hydrogens (tertiary/aromatic N) is 1. The normalized spacial score (nSPS) is 31.9. The molecule has 2 fully saturated rings. The Bertz CT molecular complexity index is 416. The van der Waals surface area contributed by atoms with E-state index in [1.165, 1.54) is 6.92 Å². The van der Waals surface area contributed by atoms with Crippen molar-refractivity contribution in [2.24, 2.45) is 17.3 Å². The third-order valence-corrected chi connectivity index (χ3v) is 3.98. The Kier molecular flexibility index (Phi) is 2.56. The molecule has 3 atom stereocenters. The minimum Gasteiger partial charge on any atom is -0.467 e. The lowest BCUT2D eigenvalue weighted by atomic mass is 10.0. The molecule has 1 N–H and O–H groups in total. The SMILES string of the molecule is COC(=O)C(C)(O)CN1C(=O)C2C(C1=O)C2(C)C. The molecule has 1 saturated carbocycles. The highest BCUT2D eigenvalue weighted by molar-refractivity contribution is 6.10. The summed E-state index contributed by atoms with van der Waals surface area (Å²) in [6.07, 6.45) is 0. The van der Waals surface area contributed by atoms with Gasteiger partial charge in [-0.15, -0.1) is 0 Å². The van der Waals surface area contributed by atoms with Crippen LogP contribution in [-0.2, 0) is 19.1 Å². The van der Waals surface area contributed by atoms with E-state index in [-0.39, 0.29) is 35.6 Å². The van der Waals surface area contributed by atoms with Crippen LogP contribution in [0.3, 0.4) is 0 Å². The van der Waals surface area contributed by atoms with Crippen molar-refractivity contribution in [1.82, 2.24) is 4.90 Å². The number of methoxy groups -OCH3 is 1. The van der Waals surface area contributed by atoms with Gasteiger partial charge in [0.1, 0.15) is 0 Å². The van der Waals surface area contributed by atoms with E-state index in [1.54, 1.807) is 0 Å². The van der Waals surface area contributed by atoms with Gasteiger partial charge in [-0.1, -0.05) is 13.8 Å².